The quantitative estimate of drug-likeness (QED) is 0.811. The highest BCUT2D eigenvalue weighted by Gasteiger charge is 2.22. The summed E-state index contributed by atoms with van der Waals surface area (Å²) in [6.45, 7) is 3.15. The molecule has 138 valence electrons. The second-order valence-electron chi connectivity index (χ2n) is 6.58. The number of hydrogen-bond donors (Lipinski definition) is 1. The van der Waals surface area contributed by atoms with Gasteiger partial charge in [-0.05, 0) is 30.5 Å². The van der Waals surface area contributed by atoms with Gasteiger partial charge in [0.2, 0.25) is 0 Å². The number of nitrogens with one attached hydrogen (secondary N) is 1. The summed E-state index contributed by atoms with van der Waals surface area (Å²) in [4.78, 5) is 24.6. The fraction of sp³-hybridized carbons (Fsp3) is 0.400. The van der Waals surface area contributed by atoms with Crippen molar-refractivity contribution in [2.75, 3.05) is 20.1 Å². The van der Waals surface area contributed by atoms with Crippen molar-refractivity contribution < 1.29 is 9.63 Å². The van der Waals surface area contributed by atoms with Crippen molar-refractivity contribution in [2.45, 2.75) is 32.0 Å². The fourth-order valence-electron chi connectivity index (χ4n) is 3.03. The molecule has 1 aliphatic heterocycles. The summed E-state index contributed by atoms with van der Waals surface area (Å²) in [6, 6.07) is 15.8. The van der Waals surface area contributed by atoms with Crippen LogP contribution in [0.15, 0.2) is 54.7 Å². The first kappa shape index (κ1) is 18.4. The number of hydroxylamine groups is 2. The maximum atomic E-state index is 12.3. The van der Waals surface area contributed by atoms with Crippen molar-refractivity contribution in [3.05, 3.63) is 66.0 Å². The van der Waals surface area contributed by atoms with Gasteiger partial charge in [0, 0.05) is 38.9 Å². The molecule has 1 N–H and O–H groups in total. The molecule has 2 aromatic rings. The van der Waals surface area contributed by atoms with E-state index in [1.165, 1.54) is 5.06 Å². The van der Waals surface area contributed by atoms with E-state index in [0.717, 1.165) is 43.7 Å². The fourth-order valence-corrected chi connectivity index (χ4v) is 3.03. The molecule has 3 rings (SSSR count). The number of piperidine rings is 1. The topological polar surface area (TPSA) is 57.7 Å². The van der Waals surface area contributed by atoms with Crippen LogP contribution in [-0.4, -0.2) is 47.2 Å². The molecule has 0 unspecified atom stereocenters. The second kappa shape index (κ2) is 9.31. The molecular weight excluding hydrogens is 328 g/mol. The number of carbonyl (C=O) groups is 1. The average Bonchev–Trinajstić information content (AvgIpc) is 2.69. The Morgan fingerprint density at radius 1 is 1.19 bits per heavy atom. The van der Waals surface area contributed by atoms with E-state index in [2.05, 4.69) is 15.2 Å². The average molecular weight is 354 g/mol. The highest BCUT2D eigenvalue weighted by Crippen LogP contribution is 2.13. The molecule has 2 amide bonds. The summed E-state index contributed by atoms with van der Waals surface area (Å²) >= 11 is 0. The Morgan fingerprint density at radius 3 is 2.62 bits per heavy atom. The van der Waals surface area contributed by atoms with Gasteiger partial charge in [-0.1, -0.05) is 36.4 Å². The van der Waals surface area contributed by atoms with E-state index in [1.807, 2.05) is 54.7 Å². The van der Waals surface area contributed by atoms with Gasteiger partial charge in [-0.3, -0.25) is 14.7 Å². The maximum Gasteiger partial charge on any atom is 0.341 e. The van der Waals surface area contributed by atoms with Crippen LogP contribution in [0.5, 0.6) is 0 Å². The molecule has 1 aromatic carbocycles. The molecule has 6 nitrogen and oxygen atoms in total. The van der Waals surface area contributed by atoms with Gasteiger partial charge in [0.1, 0.15) is 6.61 Å². The Hall–Kier alpha value is -2.44. The number of pyridine rings is 1. The second-order valence-corrected chi connectivity index (χ2v) is 6.58. The Bertz CT molecular complexity index is 673. The van der Waals surface area contributed by atoms with Gasteiger partial charge in [0.15, 0.2) is 0 Å². The van der Waals surface area contributed by atoms with E-state index in [9.17, 15) is 4.79 Å². The van der Waals surface area contributed by atoms with Crippen LogP contribution in [0.1, 0.15) is 24.1 Å². The molecule has 1 aromatic heterocycles. The molecule has 0 bridgehead atoms. The first-order valence-electron chi connectivity index (χ1n) is 9.04. The third kappa shape index (κ3) is 5.54. The van der Waals surface area contributed by atoms with Gasteiger partial charge in [0.05, 0.1) is 5.69 Å². The van der Waals surface area contributed by atoms with E-state index in [-0.39, 0.29) is 12.1 Å². The molecule has 1 aliphatic rings. The highest BCUT2D eigenvalue weighted by molar-refractivity contribution is 5.73. The summed E-state index contributed by atoms with van der Waals surface area (Å²) in [5.41, 5.74) is 2.12. The van der Waals surface area contributed by atoms with E-state index < -0.39 is 0 Å². The number of urea groups is 1. The number of rotatable bonds is 6. The van der Waals surface area contributed by atoms with Crippen molar-refractivity contribution in [2.24, 2.45) is 0 Å². The van der Waals surface area contributed by atoms with Crippen LogP contribution in [0.4, 0.5) is 4.79 Å². The third-order valence-corrected chi connectivity index (χ3v) is 4.58. The first-order chi connectivity index (χ1) is 12.7. The van der Waals surface area contributed by atoms with E-state index in [1.54, 1.807) is 7.05 Å². The molecule has 0 spiro atoms. The lowest BCUT2D eigenvalue weighted by Gasteiger charge is -2.32. The molecular formula is C20H26N4O2. The summed E-state index contributed by atoms with van der Waals surface area (Å²) in [6.07, 6.45) is 3.70. The number of hydrogen-bond acceptors (Lipinski definition) is 4. The maximum absolute atomic E-state index is 12.3. The van der Waals surface area contributed by atoms with Crippen LogP contribution in [0.25, 0.3) is 0 Å². The lowest BCUT2D eigenvalue weighted by Crippen LogP contribution is -2.48. The number of amides is 2. The minimum atomic E-state index is -0.191. The zero-order valence-electron chi connectivity index (χ0n) is 15.2. The lowest BCUT2D eigenvalue weighted by atomic mass is 10.1. The van der Waals surface area contributed by atoms with Crippen molar-refractivity contribution in [1.82, 2.24) is 20.3 Å². The third-order valence-electron chi connectivity index (χ3n) is 4.58. The highest BCUT2D eigenvalue weighted by atomic mass is 16.7. The molecule has 0 atom stereocenters. The van der Waals surface area contributed by atoms with E-state index >= 15 is 0 Å². The zero-order chi connectivity index (χ0) is 18.2. The molecule has 26 heavy (non-hydrogen) atoms. The van der Waals surface area contributed by atoms with E-state index in [0.29, 0.717) is 6.61 Å². The summed E-state index contributed by atoms with van der Waals surface area (Å²) < 4.78 is 0. The van der Waals surface area contributed by atoms with Gasteiger partial charge >= 0.3 is 6.03 Å². The van der Waals surface area contributed by atoms with Gasteiger partial charge in [-0.15, -0.1) is 0 Å². The van der Waals surface area contributed by atoms with Crippen molar-refractivity contribution >= 4 is 6.03 Å². The standard InChI is InChI=1S/C20H26N4O2/c1-23(26-16-17-7-3-2-4-8-17)20(25)22-18-10-13-24(14-11-18)15-19-9-5-6-12-21-19/h2-9,12,18H,10-11,13-16H2,1H3,(H,22,25). The van der Waals surface area contributed by atoms with Crippen LogP contribution in [0.3, 0.4) is 0 Å². The SMILES string of the molecule is CN(OCc1ccccc1)C(=O)NC1CCN(Cc2ccccn2)CC1. The van der Waals surface area contributed by atoms with Gasteiger partial charge < -0.3 is 5.32 Å². The Kier molecular flexibility index (Phi) is 6.57. The summed E-state index contributed by atoms with van der Waals surface area (Å²) in [5.74, 6) is 0. The molecule has 1 fully saturated rings. The molecule has 1 saturated heterocycles. The minimum Gasteiger partial charge on any atom is -0.333 e. The minimum absolute atomic E-state index is 0.185. The smallest absolute Gasteiger partial charge is 0.333 e. The summed E-state index contributed by atoms with van der Waals surface area (Å²) in [5, 5.41) is 4.34. The van der Waals surface area contributed by atoms with Crippen LogP contribution in [0, 0.1) is 0 Å². The van der Waals surface area contributed by atoms with Crippen LogP contribution in [-0.2, 0) is 18.0 Å². The van der Waals surface area contributed by atoms with E-state index in [4.69, 9.17) is 4.84 Å². The molecule has 0 saturated carbocycles. The zero-order valence-corrected chi connectivity index (χ0v) is 15.2. The lowest BCUT2D eigenvalue weighted by molar-refractivity contribution is -0.110. The van der Waals surface area contributed by atoms with Crippen LogP contribution < -0.4 is 5.32 Å². The number of benzene rings is 1. The first-order valence-corrected chi connectivity index (χ1v) is 9.04. The largest absolute Gasteiger partial charge is 0.341 e. The number of aromatic nitrogens is 1. The predicted octanol–water partition coefficient (Wildman–Crippen LogP) is 2.82. The van der Waals surface area contributed by atoms with Crippen molar-refractivity contribution in [3.8, 4) is 0 Å². The Morgan fingerprint density at radius 2 is 1.92 bits per heavy atom. The van der Waals surface area contributed by atoms with Gasteiger partial charge in [-0.2, -0.15) is 0 Å². The predicted molar refractivity (Wildman–Crippen MR) is 100 cm³/mol. The van der Waals surface area contributed by atoms with Crippen LogP contribution in [0.2, 0.25) is 0 Å². The van der Waals surface area contributed by atoms with Crippen LogP contribution >= 0.6 is 0 Å². The van der Waals surface area contributed by atoms with Crippen molar-refractivity contribution in [3.63, 3.8) is 0 Å². The molecule has 2 heterocycles. The number of carbonyl (C=O) groups excluding carboxylic acids is 1. The Labute approximate surface area is 154 Å². The molecule has 0 aliphatic carbocycles. The number of nitrogens with zero attached hydrogens (tertiary/aromatic N) is 3. The monoisotopic (exact) mass is 354 g/mol. The molecule has 0 radical (unpaired) electrons. The normalized spacial score (nSPS) is 15.6. The van der Waals surface area contributed by atoms with Gasteiger partial charge in [-0.25, -0.2) is 9.86 Å². The van der Waals surface area contributed by atoms with Crippen molar-refractivity contribution in [1.29, 1.82) is 0 Å². The Balaban J connectivity index is 1.37. The summed E-state index contributed by atoms with van der Waals surface area (Å²) in [7, 11) is 1.65. The van der Waals surface area contributed by atoms with Gasteiger partial charge in [0.25, 0.3) is 0 Å². The number of likely N-dealkylation sites (tertiary alicyclic amines) is 1. The molecule has 6 heteroatoms.